The van der Waals surface area contributed by atoms with Crippen LogP contribution in [0.3, 0.4) is 0 Å². The van der Waals surface area contributed by atoms with E-state index in [4.69, 9.17) is 14.8 Å². The lowest BCUT2D eigenvalue weighted by Gasteiger charge is -2.24. The van der Waals surface area contributed by atoms with Crippen molar-refractivity contribution in [2.75, 3.05) is 13.2 Å². The second-order valence-corrected chi connectivity index (χ2v) is 4.12. The Morgan fingerprint density at radius 3 is 2.00 bits per heavy atom. The number of aliphatic hydroxyl groups is 2. The van der Waals surface area contributed by atoms with Crippen LogP contribution in [0.15, 0.2) is 0 Å². The molecule has 0 aliphatic carbocycles. The molecule has 6 nitrogen and oxygen atoms in total. The summed E-state index contributed by atoms with van der Waals surface area (Å²) in [6, 6.07) is 0. The van der Waals surface area contributed by atoms with Crippen molar-refractivity contribution in [1.82, 2.24) is 0 Å². The molecule has 0 aliphatic heterocycles. The van der Waals surface area contributed by atoms with Crippen molar-refractivity contribution in [2.45, 2.75) is 17.5 Å². The lowest BCUT2D eigenvalue weighted by molar-refractivity contribution is -0.324. The van der Waals surface area contributed by atoms with E-state index in [-0.39, 0.29) is 0 Å². The molecule has 11 heteroatoms. The number of ether oxygens (including phenoxy) is 1. The van der Waals surface area contributed by atoms with Crippen LogP contribution in [-0.4, -0.2) is 53.9 Å². The van der Waals surface area contributed by atoms with E-state index in [1.54, 1.807) is 0 Å². The third-order valence-electron chi connectivity index (χ3n) is 1.33. The summed E-state index contributed by atoms with van der Waals surface area (Å²) in [7, 11) is -6.37. The molecule has 3 N–H and O–H groups in total. The molecular formula is C5H8F4O6S. The first-order valence-corrected chi connectivity index (χ1v) is 5.05. The Hall–Kier alpha value is -0.490. The second kappa shape index (κ2) is 4.79. The van der Waals surface area contributed by atoms with E-state index in [1.807, 2.05) is 0 Å². The summed E-state index contributed by atoms with van der Waals surface area (Å²) in [5.41, 5.74) is 0. The molecule has 1 atom stereocenters. The van der Waals surface area contributed by atoms with Gasteiger partial charge in [0.25, 0.3) is 0 Å². The first-order valence-electron chi connectivity index (χ1n) is 3.61. The zero-order valence-electron chi connectivity index (χ0n) is 7.48. The molecule has 0 aromatic carbocycles. The molecule has 0 bridgehead atoms. The molecule has 16 heavy (non-hydrogen) atoms. The molecule has 0 rings (SSSR count). The third-order valence-corrected chi connectivity index (χ3v) is 2.22. The summed E-state index contributed by atoms with van der Waals surface area (Å²) in [6.45, 7) is -2.48. The predicted octanol–water partition coefficient (Wildman–Crippen LogP) is -0.570. The fourth-order valence-electron chi connectivity index (χ4n) is 0.488. The van der Waals surface area contributed by atoms with Gasteiger partial charge in [-0.2, -0.15) is 26.0 Å². The van der Waals surface area contributed by atoms with Gasteiger partial charge in [-0.1, -0.05) is 0 Å². The van der Waals surface area contributed by atoms with E-state index in [1.165, 1.54) is 0 Å². The monoisotopic (exact) mass is 272 g/mol. The third kappa shape index (κ3) is 3.25. The van der Waals surface area contributed by atoms with Crippen molar-refractivity contribution in [1.29, 1.82) is 0 Å². The summed E-state index contributed by atoms with van der Waals surface area (Å²) < 4.78 is 80.7. The van der Waals surface area contributed by atoms with Crippen molar-refractivity contribution in [3.05, 3.63) is 0 Å². The van der Waals surface area contributed by atoms with Crippen LogP contribution in [0.1, 0.15) is 0 Å². The molecule has 0 spiro atoms. The highest BCUT2D eigenvalue weighted by Gasteiger charge is 2.67. The van der Waals surface area contributed by atoms with Gasteiger partial charge in [0, 0.05) is 0 Å². The number of hydrogen-bond acceptors (Lipinski definition) is 5. The minimum absolute atomic E-state index is 1.05. The average molecular weight is 272 g/mol. The quantitative estimate of drug-likeness (QED) is 0.442. The standard InChI is InChI=1S/C5H8F4O6S/c6-4(7,15-2-3(11)1-10)5(8,9)16(12,13)14/h3,10-11H,1-2H2,(H,12,13,14). The van der Waals surface area contributed by atoms with E-state index in [2.05, 4.69) is 4.74 Å². The lowest BCUT2D eigenvalue weighted by Crippen LogP contribution is -2.49. The fourth-order valence-corrected chi connectivity index (χ4v) is 0.847. The van der Waals surface area contributed by atoms with Crippen LogP contribution >= 0.6 is 0 Å². The van der Waals surface area contributed by atoms with Gasteiger partial charge in [-0.3, -0.25) is 4.55 Å². The first kappa shape index (κ1) is 15.5. The van der Waals surface area contributed by atoms with Gasteiger partial charge in [-0.25, -0.2) is 0 Å². The van der Waals surface area contributed by atoms with E-state index in [0.29, 0.717) is 0 Å². The van der Waals surface area contributed by atoms with Crippen LogP contribution in [0.4, 0.5) is 17.6 Å². The van der Waals surface area contributed by atoms with Gasteiger partial charge in [0.15, 0.2) is 0 Å². The van der Waals surface area contributed by atoms with Gasteiger partial charge >= 0.3 is 21.5 Å². The summed E-state index contributed by atoms with van der Waals surface area (Å²) in [5.74, 6) is 0. The Morgan fingerprint density at radius 2 is 1.69 bits per heavy atom. The Balaban J connectivity index is 4.79. The zero-order chi connectivity index (χ0) is 13.2. The first-order chi connectivity index (χ1) is 6.95. The Labute approximate surface area is 87.2 Å². The molecule has 0 aromatic heterocycles. The van der Waals surface area contributed by atoms with Gasteiger partial charge in [0.1, 0.15) is 6.10 Å². The van der Waals surface area contributed by atoms with E-state index in [0.717, 1.165) is 0 Å². The Kier molecular flexibility index (Phi) is 4.64. The lowest BCUT2D eigenvalue weighted by atomic mass is 10.4. The average Bonchev–Trinajstić information content (AvgIpc) is 2.12. The van der Waals surface area contributed by atoms with Crippen LogP contribution in [0.5, 0.6) is 0 Å². The largest absolute Gasteiger partial charge is 0.459 e. The molecule has 1 unspecified atom stereocenters. The zero-order valence-corrected chi connectivity index (χ0v) is 8.29. The van der Waals surface area contributed by atoms with Crippen LogP contribution in [-0.2, 0) is 14.9 Å². The molecule has 0 fully saturated rings. The molecule has 0 radical (unpaired) electrons. The SMILES string of the molecule is O=S(=O)(O)C(F)(F)C(F)(F)OCC(O)CO. The highest BCUT2D eigenvalue weighted by atomic mass is 32.2. The number of rotatable bonds is 6. The molecule has 0 aromatic rings. The Bertz CT molecular complexity index is 328. The minimum atomic E-state index is -6.37. The van der Waals surface area contributed by atoms with Gasteiger partial charge in [-0.15, -0.1) is 0 Å². The summed E-state index contributed by atoms with van der Waals surface area (Å²) in [6.07, 6.45) is -7.42. The van der Waals surface area contributed by atoms with E-state index in [9.17, 15) is 26.0 Å². The molecule has 0 saturated carbocycles. The van der Waals surface area contributed by atoms with Crippen LogP contribution in [0, 0.1) is 0 Å². The van der Waals surface area contributed by atoms with Crippen molar-refractivity contribution in [3.8, 4) is 0 Å². The highest BCUT2D eigenvalue weighted by Crippen LogP contribution is 2.39. The smallest absolute Gasteiger partial charge is 0.394 e. The predicted molar refractivity (Wildman–Crippen MR) is 40.5 cm³/mol. The maximum absolute atomic E-state index is 12.5. The molecule has 0 amide bonds. The summed E-state index contributed by atoms with van der Waals surface area (Å²) >= 11 is 0. The Morgan fingerprint density at radius 1 is 1.25 bits per heavy atom. The van der Waals surface area contributed by atoms with Gasteiger partial charge in [0.05, 0.1) is 13.2 Å². The van der Waals surface area contributed by atoms with Crippen LogP contribution < -0.4 is 0 Å². The number of aliphatic hydroxyl groups excluding tert-OH is 2. The fraction of sp³-hybridized carbons (Fsp3) is 1.00. The molecular weight excluding hydrogens is 264 g/mol. The highest BCUT2D eigenvalue weighted by molar-refractivity contribution is 7.86. The summed E-state index contributed by atoms with van der Waals surface area (Å²) in [4.78, 5) is 0. The van der Waals surface area contributed by atoms with Gasteiger partial charge in [-0.05, 0) is 0 Å². The van der Waals surface area contributed by atoms with E-state index >= 15 is 0 Å². The molecule has 0 heterocycles. The van der Waals surface area contributed by atoms with Gasteiger partial charge < -0.3 is 14.9 Å². The number of hydrogen-bond donors (Lipinski definition) is 3. The molecule has 0 saturated heterocycles. The maximum atomic E-state index is 12.5. The maximum Gasteiger partial charge on any atom is 0.459 e. The van der Waals surface area contributed by atoms with Crippen LogP contribution in [0.25, 0.3) is 0 Å². The van der Waals surface area contributed by atoms with Crippen LogP contribution in [0.2, 0.25) is 0 Å². The number of halogens is 4. The topological polar surface area (TPSA) is 104 Å². The molecule has 98 valence electrons. The summed E-state index contributed by atoms with van der Waals surface area (Å²) in [5, 5.41) is 10.8. The van der Waals surface area contributed by atoms with Gasteiger partial charge in [0.2, 0.25) is 0 Å². The minimum Gasteiger partial charge on any atom is -0.394 e. The molecule has 0 aliphatic rings. The number of alkyl halides is 4. The van der Waals surface area contributed by atoms with Crippen molar-refractivity contribution < 1.29 is 45.5 Å². The van der Waals surface area contributed by atoms with Crippen molar-refractivity contribution in [2.24, 2.45) is 0 Å². The normalized spacial score (nSPS) is 16.2. The van der Waals surface area contributed by atoms with E-state index < -0.39 is 40.8 Å². The van der Waals surface area contributed by atoms with Crippen molar-refractivity contribution in [3.63, 3.8) is 0 Å². The van der Waals surface area contributed by atoms with Crippen molar-refractivity contribution >= 4 is 10.1 Å². The second-order valence-electron chi connectivity index (χ2n) is 2.66.